The molecule has 8 rings (SSSR count). The van der Waals surface area contributed by atoms with E-state index in [4.69, 9.17) is 15.2 Å². The highest BCUT2D eigenvalue weighted by Gasteiger charge is 2.38. The zero-order valence-corrected chi connectivity index (χ0v) is 28.1. The summed E-state index contributed by atoms with van der Waals surface area (Å²) < 4.78 is 4.65. The lowest BCUT2D eigenvalue weighted by Crippen LogP contribution is -2.36. The molecule has 246 valence electrons. The van der Waals surface area contributed by atoms with E-state index in [1.54, 1.807) is 0 Å². The molecule has 0 aliphatic heterocycles. The SMILES string of the molecule is c1ccc(Cc2nnc(CCc3c[nH]c4ccccc34)n2CCCc2cn(C(c3ccccc3)(c3ccccc3)c3ccccc3)cn2)cc1. The van der Waals surface area contributed by atoms with Crippen LogP contribution in [0, 0.1) is 0 Å². The van der Waals surface area contributed by atoms with E-state index in [0.717, 1.165) is 56.0 Å². The first-order valence-electron chi connectivity index (χ1n) is 17.5. The van der Waals surface area contributed by atoms with Crippen molar-refractivity contribution in [3.05, 3.63) is 209 Å². The topological polar surface area (TPSA) is 64.3 Å². The van der Waals surface area contributed by atoms with Crippen molar-refractivity contribution in [3.63, 3.8) is 0 Å². The summed E-state index contributed by atoms with van der Waals surface area (Å²) in [6, 6.07) is 51.3. The van der Waals surface area contributed by atoms with E-state index >= 15 is 0 Å². The van der Waals surface area contributed by atoms with Gasteiger partial charge in [-0.15, -0.1) is 10.2 Å². The molecule has 0 spiro atoms. The van der Waals surface area contributed by atoms with Gasteiger partial charge in [0.05, 0.1) is 12.0 Å². The van der Waals surface area contributed by atoms with E-state index < -0.39 is 5.54 Å². The van der Waals surface area contributed by atoms with Crippen molar-refractivity contribution in [1.29, 1.82) is 0 Å². The van der Waals surface area contributed by atoms with Crippen molar-refractivity contribution in [1.82, 2.24) is 29.3 Å². The molecule has 3 aromatic heterocycles. The van der Waals surface area contributed by atoms with E-state index in [2.05, 4.69) is 172 Å². The Morgan fingerprint density at radius 1 is 0.580 bits per heavy atom. The number of benzene rings is 5. The van der Waals surface area contributed by atoms with Gasteiger partial charge in [0.25, 0.3) is 0 Å². The molecule has 8 aromatic rings. The minimum atomic E-state index is -0.568. The molecule has 50 heavy (non-hydrogen) atoms. The van der Waals surface area contributed by atoms with Gasteiger partial charge in [-0.2, -0.15) is 0 Å². The summed E-state index contributed by atoms with van der Waals surface area (Å²) in [5.74, 6) is 2.04. The standard InChI is InChI=1S/C44H40N6/c1-5-16-34(17-6-1)30-43-48-47-42(28-27-35-31-45-41-26-14-13-25-40(35)41)50(43)29-15-24-39-32-49(33-46-39)44(36-18-7-2-8-19-36,37-20-9-3-10-21-37)38-22-11-4-12-23-38/h1-14,16-23,25-26,31-33,45H,15,24,27-30H2. The fourth-order valence-electron chi connectivity index (χ4n) is 7.39. The maximum atomic E-state index is 5.01. The third kappa shape index (κ3) is 6.16. The molecule has 0 saturated carbocycles. The quantitative estimate of drug-likeness (QED) is 0.127. The molecule has 0 bridgehead atoms. The third-order valence-electron chi connectivity index (χ3n) is 9.81. The number of nitrogens with zero attached hydrogens (tertiary/aromatic N) is 5. The van der Waals surface area contributed by atoms with Crippen LogP contribution in [0.15, 0.2) is 164 Å². The highest BCUT2D eigenvalue weighted by atomic mass is 15.3. The molecule has 0 unspecified atom stereocenters. The predicted octanol–water partition coefficient (Wildman–Crippen LogP) is 8.80. The number of imidazole rings is 1. The van der Waals surface area contributed by atoms with Gasteiger partial charge in [0.1, 0.15) is 17.2 Å². The molecule has 0 aliphatic rings. The Morgan fingerprint density at radius 2 is 1.16 bits per heavy atom. The molecule has 0 atom stereocenters. The molecular formula is C44H40N6. The molecule has 6 nitrogen and oxygen atoms in total. The molecular weight excluding hydrogens is 613 g/mol. The average molecular weight is 653 g/mol. The Balaban J connectivity index is 1.07. The minimum Gasteiger partial charge on any atom is -0.361 e. The first-order valence-corrected chi connectivity index (χ1v) is 17.5. The number of nitrogens with one attached hydrogen (secondary N) is 1. The first-order chi connectivity index (χ1) is 24.8. The van der Waals surface area contributed by atoms with Crippen LogP contribution in [-0.2, 0) is 37.8 Å². The van der Waals surface area contributed by atoms with Crippen LogP contribution in [0.25, 0.3) is 10.9 Å². The zero-order chi connectivity index (χ0) is 33.6. The van der Waals surface area contributed by atoms with Crippen LogP contribution in [0.5, 0.6) is 0 Å². The maximum Gasteiger partial charge on any atom is 0.137 e. The number of para-hydroxylation sites is 1. The highest BCUT2D eigenvalue weighted by molar-refractivity contribution is 5.83. The number of fused-ring (bicyclic) bond motifs is 1. The monoisotopic (exact) mass is 652 g/mol. The second kappa shape index (κ2) is 14.2. The number of hydrogen-bond acceptors (Lipinski definition) is 3. The summed E-state index contributed by atoms with van der Waals surface area (Å²) in [5, 5.41) is 10.7. The van der Waals surface area contributed by atoms with Gasteiger partial charge in [-0.1, -0.05) is 140 Å². The van der Waals surface area contributed by atoms with Crippen molar-refractivity contribution >= 4 is 10.9 Å². The molecule has 0 aliphatic carbocycles. The maximum absolute atomic E-state index is 5.01. The van der Waals surface area contributed by atoms with Crippen molar-refractivity contribution in [2.45, 2.75) is 44.2 Å². The van der Waals surface area contributed by atoms with Crippen LogP contribution in [0.3, 0.4) is 0 Å². The first kappa shape index (κ1) is 31.3. The van der Waals surface area contributed by atoms with Crippen molar-refractivity contribution < 1.29 is 0 Å². The van der Waals surface area contributed by atoms with E-state index in [-0.39, 0.29) is 0 Å². The van der Waals surface area contributed by atoms with Crippen LogP contribution in [0.1, 0.15) is 51.6 Å². The molecule has 3 heterocycles. The molecule has 0 saturated heterocycles. The normalized spacial score (nSPS) is 11.7. The lowest BCUT2D eigenvalue weighted by Gasteiger charge is -2.37. The molecule has 5 aromatic carbocycles. The van der Waals surface area contributed by atoms with Gasteiger partial charge in [-0.05, 0) is 53.1 Å². The van der Waals surface area contributed by atoms with E-state index in [9.17, 15) is 0 Å². The number of aromatic amines is 1. The van der Waals surface area contributed by atoms with Crippen molar-refractivity contribution in [3.8, 4) is 0 Å². The fourth-order valence-corrected chi connectivity index (χ4v) is 7.39. The van der Waals surface area contributed by atoms with Gasteiger partial charge in [-0.3, -0.25) is 0 Å². The number of aromatic nitrogens is 6. The molecule has 0 radical (unpaired) electrons. The Labute approximate surface area is 293 Å². The van der Waals surface area contributed by atoms with Crippen LogP contribution in [-0.4, -0.2) is 29.3 Å². The average Bonchev–Trinajstić information content (AvgIpc) is 3.92. The fraction of sp³-hybridized carbons (Fsp3) is 0.159. The number of aryl methyl sites for hydroxylation is 3. The number of rotatable bonds is 13. The Hall–Kier alpha value is -6.01. The third-order valence-corrected chi connectivity index (χ3v) is 9.81. The van der Waals surface area contributed by atoms with E-state index in [1.807, 2.05) is 6.33 Å². The van der Waals surface area contributed by atoms with Crippen LogP contribution in [0.2, 0.25) is 0 Å². The summed E-state index contributed by atoms with van der Waals surface area (Å²) in [6.07, 6.45) is 10.6. The molecule has 1 N–H and O–H groups in total. The number of hydrogen-bond donors (Lipinski definition) is 1. The van der Waals surface area contributed by atoms with Crippen LogP contribution in [0.4, 0.5) is 0 Å². The van der Waals surface area contributed by atoms with E-state index in [1.165, 1.54) is 38.7 Å². The van der Waals surface area contributed by atoms with Gasteiger partial charge in [0, 0.05) is 42.7 Å². The van der Waals surface area contributed by atoms with Gasteiger partial charge < -0.3 is 14.1 Å². The van der Waals surface area contributed by atoms with Gasteiger partial charge in [0.15, 0.2) is 0 Å². The van der Waals surface area contributed by atoms with E-state index in [0.29, 0.717) is 0 Å². The van der Waals surface area contributed by atoms with Crippen molar-refractivity contribution in [2.75, 3.05) is 0 Å². The summed E-state index contributed by atoms with van der Waals surface area (Å²) in [6.45, 7) is 0.826. The Kier molecular flexibility index (Phi) is 8.90. The smallest absolute Gasteiger partial charge is 0.137 e. The van der Waals surface area contributed by atoms with Crippen LogP contribution >= 0.6 is 0 Å². The summed E-state index contributed by atoms with van der Waals surface area (Å²) in [5.41, 5.74) is 7.79. The second-order valence-corrected chi connectivity index (χ2v) is 12.9. The lowest BCUT2D eigenvalue weighted by molar-refractivity contribution is 0.513. The largest absolute Gasteiger partial charge is 0.361 e. The van der Waals surface area contributed by atoms with Gasteiger partial charge in [-0.25, -0.2) is 4.98 Å². The Bertz CT molecular complexity index is 2170. The summed E-state index contributed by atoms with van der Waals surface area (Å²) >= 11 is 0. The predicted molar refractivity (Wildman–Crippen MR) is 200 cm³/mol. The van der Waals surface area contributed by atoms with Crippen molar-refractivity contribution in [2.24, 2.45) is 0 Å². The minimum absolute atomic E-state index is 0.568. The Morgan fingerprint density at radius 3 is 1.82 bits per heavy atom. The van der Waals surface area contributed by atoms with Gasteiger partial charge in [0.2, 0.25) is 0 Å². The highest BCUT2D eigenvalue weighted by Crippen LogP contribution is 2.40. The van der Waals surface area contributed by atoms with Crippen LogP contribution < -0.4 is 0 Å². The molecule has 0 amide bonds. The summed E-state index contributed by atoms with van der Waals surface area (Å²) in [7, 11) is 0. The molecule has 6 heteroatoms. The number of H-pyrrole nitrogens is 1. The lowest BCUT2D eigenvalue weighted by atomic mass is 9.77. The zero-order valence-electron chi connectivity index (χ0n) is 28.1. The van der Waals surface area contributed by atoms with Gasteiger partial charge >= 0.3 is 0 Å². The summed E-state index contributed by atoms with van der Waals surface area (Å²) in [4.78, 5) is 8.43. The molecule has 0 fully saturated rings. The second-order valence-electron chi connectivity index (χ2n) is 12.9.